The molecule has 0 aliphatic rings. The van der Waals surface area contributed by atoms with Crippen LogP contribution in [0.1, 0.15) is 44.4 Å². The topological polar surface area (TPSA) is 76.1 Å². The average Bonchev–Trinajstić information content (AvgIpc) is 2.66. The first-order valence-corrected chi connectivity index (χ1v) is 9.48. The normalized spacial score (nSPS) is 13.0. The van der Waals surface area contributed by atoms with E-state index < -0.39 is 19.2 Å². The molecule has 1 amide bonds. The number of pyridine rings is 2. The van der Waals surface area contributed by atoms with Crippen molar-refractivity contribution in [3.05, 3.63) is 52.8 Å². The van der Waals surface area contributed by atoms with Gasteiger partial charge in [-0.15, -0.1) is 0 Å². The van der Waals surface area contributed by atoms with Gasteiger partial charge in [0.25, 0.3) is 0 Å². The van der Waals surface area contributed by atoms with Gasteiger partial charge < -0.3 is 15.4 Å². The summed E-state index contributed by atoms with van der Waals surface area (Å²) in [6.45, 7) is 4.60. The molecular weight excluding hydrogens is 421 g/mol. The Kier molecular flexibility index (Phi) is 8.05. The number of halogens is 4. The molecule has 162 valence electrons. The van der Waals surface area contributed by atoms with Gasteiger partial charge in [-0.3, -0.25) is 4.79 Å². The fraction of sp³-hybridized carbons (Fsp3) is 0.350. The lowest BCUT2D eigenvalue weighted by Gasteiger charge is -2.19. The van der Waals surface area contributed by atoms with Crippen molar-refractivity contribution in [2.45, 2.75) is 39.4 Å². The van der Waals surface area contributed by atoms with E-state index in [4.69, 9.17) is 16.3 Å². The molecule has 0 saturated carbocycles. The Morgan fingerprint density at radius 2 is 2.07 bits per heavy atom. The number of amides is 1. The Hall–Kier alpha value is -2.81. The summed E-state index contributed by atoms with van der Waals surface area (Å²) < 4.78 is 41.8. The van der Waals surface area contributed by atoms with Crippen molar-refractivity contribution in [2.75, 3.05) is 11.9 Å². The summed E-state index contributed by atoms with van der Waals surface area (Å²) in [7, 11) is 0. The number of hydrogen-bond donors (Lipinski definition) is 2. The van der Waals surface area contributed by atoms with Crippen molar-refractivity contribution in [2.24, 2.45) is 0 Å². The van der Waals surface area contributed by atoms with Crippen molar-refractivity contribution in [1.29, 1.82) is 0 Å². The molecule has 6 nitrogen and oxygen atoms in total. The molecule has 0 aliphatic heterocycles. The second kappa shape index (κ2) is 10.3. The number of carbonyl (C=O) groups is 1. The Morgan fingerprint density at radius 3 is 2.67 bits per heavy atom. The van der Waals surface area contributed by atoms with Crippen LogP contribution in [0, 0.1) is 0 Å². The van der Waals surface area contributed by atoms with Crippen LogP contribution in [0.4, 0.5) is 19.0 Å². The molecule has 1 unspecified atom stereocenters. The molecule has 2 aromatic rings. The number of hydrogen-bond acceptors (Lipinski definition) is 5. The molecule has 2 N–H and O–H groups in total. The summed E-state index contributed by atoms with van der Waals surface area (Å²) in [6.07, 6.45) is -0.502. The summed E-state index contributed by atoms with van der Waals surface area (Å²) >= 11 is 6.13. The van der Waals surface area contributed by atoms with Crippen LogP contribution in [0.25, 0.3) is 5.70 Å². The summed E-state index contributed by atoms with van der Waals surface area (Å²) in [5.41, 5.74) is 2.25. The Labute approximate surface area is 177 Å². The molecule has 0 fully saturated rings. The minimum atomic E-state index is -4.31. The number of carbonyl (C=O) groups excluding carboxylic acids is 1. The molecule has 0 aliphatic carbocycles. The third kappa shape index (κ3) is 7.22. The maximum absolute atomic E-state index is 12.2. The van der Waals surface area contributed by atoms with Crippen LogP contribution in [-0.4, -0.2) is 28.7 Å². The SMILES string of the molecule is CC=C(NC(C)c1ccnc(NC(C)=O)c1)c1cnc(OCCC(F)(F)F)c(Cl)c1. The molecule has 0 spiro atoms. The molecule has 2 heterocycles. The lowest BCUT2D eigenvalue weighted by Crippen LogP contribution is -2.18. The smallest absolute Gasteiger partial charge is 0.392 e. The molecule has 0 radical (unpaired) electrons. The Bertz CT molecular complexity index is 919. The highest BCUT2D eigenvalue weighted by atomic mass is 35.5. The van der Waals surface area contributed by atoms with E-state index in [1.54, 1.807) is 18.3 Å². The largest absolute Gasteiger partial charge is 0.476 e. The van der Waals surface area contributed by atoms with Crippen molar-refractivity contribution in [1.82, 2.24) is 15.3 Å². The van der Waals surface area contributed by atoms with Gasteiger partial charge in [0.2, 0.25) is 11.8 Å². The second-order valence-electron chi connectivity index (χ2n) is 6.45. The molecule has 10 heteroatoms. The monoisotopic (exact) mass is 442 g/mol. The first kappa shape index (κ1) is 23.5. The first-order valence-electron chi connectivity index (χ1n) is 9.11. The molecule has 0 bridgehead atoms. The predicted octanol–water partition coefficient (Wildman–Crippen LogP) is 5.13. The van der Waals surface area contributed by atoms with Gasteiger partial charge in [0.05, 0.1) is 13.0 Å². The van der Waals surface area contributed by atoms with Crippen LogP contribution in [0.3, 0.4) is 0 Å². The standard InChI is InChI=1S/C20H22ClF3N4O2/c1-4-17(27-12(2)14-5-7-25-18(10-14)28-13(3)29)15-9-16(21)19(26-11-15)30-8-6-20(22,23)24/h4-5,7,9-12,27H,6,8H2,1-3H3,(H,25,28,29). The maximum atomic E-state index is 12.2. The van der Waals surface area contributed by atoms with Gasteiger partial charge in [-0.25, -0.2) is 9.97 Å². The highest BCUT2D eigenvalue weighted by molar-refractivity contribution is 6.32. The van der Waals surface area contributed by atoms with Gasteiger partial charge in [0.1, 0.15) is 10.8 Å². The third-order valence-corrected chi connectivity index (χ3v) is 4.26. The number of aromatic nitrogens is 2. The first-order chi connectivity index (χ1) is 14.1. The number of rotatable bonds is 8. The lowest BCUT2D eigenvalue weighted by molar-refractivity contribution is -0.139. The molecule has 30 heavy (non-hydrogen) atoms. The van der Waals surface area contributed by atoms with Crippen LogP contribution in [0.2, 0.25) is 5.02 Å². The van der Waals surface area contributed by atoms with E-state index >= 15 is 0 Å². The highest BCUT2D eigenvalue weighted by Gasteiger charge is 2.27. The molecular formula is C20H22ClF3N4O2. The zero-order valence-electron chi connectivity index (χ0n) is 16.7. The molecule has 0 saturated heterocycles. The van der Waals surface area contributed by atoms with E-state index in [0.717, 1.165) is 11.3 Å². The number of anilines is 1. The van der Waals surface area contributed by atoms with Gasteiger partial charge in [0, 0.05) is 36.6 Å². The van der Waals surface area contributed by atoms with Gasteiger partial charge in [-0.1, -0.05) is 17.7 Å². The summed E-state index contributed by atoms with van der Waals surface area (Å²) in [6, 6.07) is 5.00. The van der Waals surface area contributed by atoms with Gasteiger partial charge in [-0.05, 0) is 37.6 Å². The average molecular weight is 443 g/mol. The van der Waals surface area contributed by atoms with Crippen LogP contribution in [0.5, 0.6) is 5.88 Å². The second-order valence-corrected chi connectivity index (χ2v) is 6.86. The fourth-order valence-corrected chi connectivity index (χ4v) is 2.78. The highest BCUT2D eigenvalue weighted by Crippen LogP contribution is 2.28. The van der Waals surface area contributed by atoms with E-state index in [-0.39, 0.29) is 22.9 Å². The Morgan fingerprint density at radius 1 is 1.33 bits per heavy atom. The van der Waals surface area contributed by atoms with Crippen molar-refractivity contribution in [3.63, 3.8) is 0 Å². The van der Waals surface area contributed by atoms with E-state index in [1.165, 1.54) is 13.1 Å². The fourth-order valence-electron chi connectivity index (χ4n) is 2.56. The van der Waals surface area contributed by atoms with Crippen LogP contribution in [-0.2, 0) is 4.79 Å². The molecule has 2 rings (SSSR count). The van der Waals surface area contributed by atoms with Crippen LogP contribution >= 0.6 is 11.6 Å². The minimum absolute atomic E-state index is 0.0535. The molecule has 1 atom stereocenters. The van der Waals surface area contributed by atoms with Crippen molar-refractivity contribution < 1.29 is 22.7 Å². The zero-order valence-corrected chi connectivity index (χ0v) is 17.4. The van der Waals surface area contributed by atoms with E-state index in [2.05, 4.69) is 20.6 Å². The quantitative estimate of drug-likeness (QED) is 0.592. The van der Waals surface area contributed by atoms with Gasteiger partial charge >= 0.3 is 6.18 Å². The molecule has 2 aromatic heterocycles. The minimum Gasteiger partial charge on any atom is -0.476 e. The van der Waals surface area contributed by atoms with Crippen molar-refractivity contribution >= 4 is 29.0 Å². The summed E-state index contributed by atoms with van der Waals surface area (Å²) in [4.78, 5) is 19.3. The Balaban J connectivity index is 2.09. The van der Waals surface area contributed by atoms with E-state index in [1.807, 2.05) is 26.0 Å². The zero-order chi connectivity index (χ0) is 22.3. The summed E-state index contributed by atoms with van der Waals surface area (Å²) in [5, 5.41) is 6.07. The van der Waals surface area contributed by atoms with Crippen LogP contribution < -0.4 is 15.4 Å². The van der Waals surface area contributed by atoms with E-state index in [0.29, 0.717) is 11.4 Å². The van der Waals surface area contributed by atoms with Gasteiger partial charge in [0.15, 0.2) is 0 Å². The number of nitrogens with one attached hydrogen (secondary N) is 2. The maximum Gasteiger partial charge on any atom is 0.392 e. The lowest BCUT2D eigenvalue weighted by atomic mass is 10.1. The van der Waals surface area contributed by atoms with E-state index in [9.17, 15) is 18.0 Å². The predicted molar refractivity (Wildman–Crippen MR) is 109 cm³/mol. The number of alkyl halides is 3. The van der Waals surface area contributed by atoms with Gasteiger partial charge in [-0.2, -0.15) is 13.2 Å². The number of allylic oxidation sites excluding steroid dienone is 1. The van der Waals surface area contributed by atoms with Crippen LogP contribution in [0.15, 0.2) is 36.7 Å². The number of nitrogens with zero attached hydrogens (tertiary/aromatic N) is 2. The number of ether oxygens (including phenoxy) is 1. The summed E-state index contributed by atoms with van der Waals surface area (Å²) in [5.74, 6) is 0.177. The third-order valence-electron chi connectivity index (χ3n) is 3.99. The van der Waals surface area contributed by atoms with Crippen molar-refractivity contribution in [3.8, 4) is 5.88 Å². The molecule has 0 aromatic carbocycles.